The van der Waals surface area contributed by atoms with Gasteiger partial charge in [-0.15, -0.1) is 0 Å². The number of rotatable bonds is 1. The third-order valence-corrected chi connectivity index (χ3v) is 2.85. The topological polar surface area (TPSA) is 43.8 Å². The van der Waals surface area contributed by atoms with E-state index in [1.807, 2.05) is 18.2 Å². The van der Waals surface area contributed by atoms with Crippen LogP contribution in [0.3, 0.4) is 0 Å². The van der Waals surface area contributed by atoms with Crippen LogP contribution in [0, 0.1) is 5.82 Å². The van der Waals surface area contributed by atoms with Crippen LogP contribution in [0.2, 0.25) is 0 Å². The number of aryl methyl sites for hydroxylation is 1. The van der Waals surface area contributed by atoms with E-state index in [2.05, 4.69) is 21.0 Å². The molecule has 15 heavy (non-hydrogen) atoms. The van der Waals surface area contributed by atoms with Gasteiger partial charge in [-0.3, -0.25) is 0 Å². The maximum absolute atomic E-state index is 13.7. The van der Waals surface area contributed by atoms with Crippen molar-refractivity contribution in [1.29, 1.82) is 0 Å². The van der Waals surface area contributed by atoms with Gasteiger partial charge in [-0.2, -0.15) is 5.10 Å². The summed E-state index contributed by atoms with van der Waals surface area (Å²) in [7, 11) is 1.61. The smallest absolute Gasteiger partial charge is 0.192 e. The van der Waals surface area contributed by atoms with Crippen molar-refractivity contribution in [2.45, 2.75) is 0 Å². The second kappa shape index (κ2) is 3.66. The summed E-state index contributed by atoms with van der Waals surface area (Å²) in [5.41, 5.74) is 6.46. The van der Waals surface area contributed by atoms with Gasteiger partial charge in [0, 0.05) is 17.1 Å². The van der Waals surface area contributed by atoms with Gasteiger partial charge in [-0.25, -0.2) is 9.07 Å². The van der Waals surface area contributed by atoms with E-state index in [0.29, 0.717) is 5.56 Å². The number of halogens is 2. The average molecular weight is 270 g/mol. The lowest BCUT2D eigenvalue weighted by atomic mass is 10.1. The van der Waals surface area contributed by atoms with E-state index in [1.165, 1.54) is 4.68 Å². The Morgan fingerprint density at radius 3 is 2.60 bits per heavy atom. The number of nitrogens with zero attached hydrogens (tertiary/aromatic N) is 2. The minimum atomic E-state index is -0.482. The van der Waals surface area contributed by atoms with Crippen molar-refractivity contribution in [2.24, 2.45) is 7.05 Å². The predicted octanol–water partition coefficient (Wildman–Crippen LogP) is 2.57. The van der Waals surface area contributed by atoms with Crippen molar-refractivity contribution in [3.8, 4) is 11.3 Å². The number of aromatic nitrogens is 2. The van der Waals surface area contributed by atoms with Crippen molar-refractivity contribution < 1.29 is 4.39 Å². The number of hydrogen-bond donors (Lipinski definition) is 1. The molecule has 0 fully saturated rings. The first-order valence-corrected chi connectivity index (χ1v) is 5.13. The van der Waals surface area contributed by atoms with Crippen LogP contribution in [0.5, 0.6) is 0 Å². The van der Waals surface area contributed by atoms with Crippen LogP contribution in [0.25, 0.3) is 11.3 Å². The highest BCUT2D eigenvalue weighted by atomic mass is 79.9. The number of nitrogen functional groups attached to an aromatic ring is 1. The normalized spacial score (nSPS) is 10.6. The number of nitrogens with two attached hydrogens (primary N) is 1. The molecule has 0 saturated heterocycles. The molecule has 1 aromatic carbocycles. The number of benzene rings is 1. The van der Waals surface area contributed by atoms with Crippen LogP contribution in [0.4, 0.5) is 10.2 Å². The fourth-order valence-corrected chi connectivity index (χ4v) is 1.81. The van der Waals surface area contributed by atoms with E-state index >= 15 is 0 Å². The number of hydrogen-bond acceptors (Lipinski definition) is 2. The summed E-state index contributed by atoms with van der Waals surface area (Å²) in [6, 6.07) is 7.30. The van der Waals surface area contributed by atoms with Gasteiger partial charge in [0.05, 0.1) is 0 Å². The SMILES string of the molecule is Cn1nc(-c2ccccc2Br)c(F)c1N. The Morgan fingerprint density at radius 1 is 1.40 bits per heavy atom. The zero-order chi connectivity index (χ0) is 11.0. The maximum Gasteiger partial charge on any atom is 0.192 e. The summed E-state index contributed by atoms with van der Waals surface area (Å²) in [6.07, 6.45) is 0. The van der Waals surface area contributed by atoms with Crippen LogP contribution < -0.4 is 5.73 Å². The molecule has 1 heterocycles. The summed E-state index contributed by atoms with van der Waals surface area (Å²) < 4.78 is 15.8. The van der Waals surface area contributed by atoms with Crippen LogP contribution in [0.1, 0.15) is 0 Å². The minimum Gasteiger partial charge on any atom is -0.381 e. The molecule has 0 aliphatic carbocycles. The number of anilines is 1. The van der Waals surface area contributed by atoms with E-state index in [9.17, 15) is 4.39 Å². The Labute approximate surface area is 94.8 Å². The second-order valence-corrected chi connectivity index (χ2v) is 4.01. The quantitative estimate of drug-likeness (QED) is 0.865. The summed E-state index contributed by atoms with van der Waals surface area (Å²) in [5.74, 6) is -0.440. The molecule has 2 N–H and O–H groups in total. The molecule has 0 bridgehead atoms. The first-order valence-electron chi connectivity index (χ1n) is 4.34. The Balaban J connectivity index is 2.65. The second-order valence-electron chi connectivity index (χ2n) is 3.15. The van der Waals surface area contributed by atoms with Crippen molar-refractivity contribution in [2.75, 3.05) is 5.73 Å². The molecular formula is C10H9BrFN3. The largest absolute Gasteiger partial charge is 0.381 e. The first-order chi connectivity index (χ1) is 7.11. The molecule has 0 radical (unpaired) electrons. The zero-order valence-corrected chi connectivity index (χ0v) is 9.62. The lowest BCUT2D eigenvalue weighted by molar-refractivity contribution is 0.634. The highest BCUT2D eigenvalue weighted by molar-refractivity contribution is 9.10. The molecule has 0 spiro atoms. The monoisotopic (exact) mass is 269 g/mol. The van der Waals surface area contributed by atoms with Gasteiger partial charge in [0.1, 0.15) is 5.69 Å². The highest BCUT2D eigenvalue weighted by Crippen LogP contribution is 2.30. The van der Waals surface area contributed by atoms with Crippen LogP contribution >= 0.6 is 15.9 Å². The molecule has 0 unspecified atom stereocenters. The van der Waals surface area contributed by atoms with E-state index in [4.69, 9.17) is 5.73 Å². The van der Waals surface area contributed by atoms with Gasteiger partial charge in [-0.05, 0) is 6.07 Å². The van der Waals surface area contributed by atoms with E-state index in [1.54, 1.807) is 13.1 Å². The van der Waals surface area contributed by atoms with E-state index < -0.39 is 5.82 Å². The molecule has 0 saturated carbocycles. The molecule has 0 aliphatic heterocycles. The Kier molecular flexibility index (Phi) is 2.48. The summed E-state index contributed by atoms with van der Waals surface area (Å²) in [5, 5.41) is 4.03. The Morgan fingerprint density at radius 2 is 2.07 bits per heavy atom. The zero-order valence-electron chi connectivity index (χ0n) is 8.04. The lowest BCUT2D eigenvalue weighted by Gasteiger charge is -1.99. The molecule has 3 nitrogen and oxygen atoms in total. The summed E-state index contributed by atoms with van der Waals surface area (Å²) in [6.45, 7) is 0. The first kappa shape index (κ1) is 10.2. The molecule has 0 atom stereocenters. The van der Waals surface area contributed by atoms with Crippen molar-refractivity contribution in [1.82, 2.24) is 9.78 Å². The minimum absolute atomic E-state index is 0.0424. The fraction of sp³-hybridized carbons (Fsp3) is 0.100. The van der Waals surface area contributed by atoms with Crippen molar-refractivity contribution in [3.63, 3.8) is 0 Å². The van der Waals surface area contributed by atoms with Crippen molar-refractivity contribution in [3.05, 3.63) is 34.6 Å². The van der Waals surface area contributed by atoms with E-state index in [-0.39, 0.29) is 11.5 Å². The molecule has 0 amide bonds. The standard InChI is InChI=1S/C10H9BrFN3/c1-15-10(13)8(12)9(14-15)6-4-2-3-5-7(6)11/h2-5H,13H2,1H3. The van der Waals surface area contributed by atoms with Crippen molar-refractivity contribution >= 4 is 21.7 Å². The molecule has 2 rings (SSSR count). The molecule has 78 valence electrons. The van der Waals surface area contributed by atoms with Gasteiger partial charge < -0.3 is 5.73 Å². The molecule has 5 heteroatoms. The average Bonchev–Trinajstić information content (AvgIpc) is 2.47. The van der Waals surface area contributed by atoms with Gasteiger partial charge in [0.25, 0.3) is 0 Å². The highest BCUT2D eigenvalue weighted by Gasteiger charge is 2.16. The van der Waals surface area contributed by atoms with Crippen LogP contribution in [0.15, 0.2) is 28.7 Å². The van der Waals surface area contributed by atoms with Gasteiger partial charge in [-0.1, -0.05) is 34.1 Å². The fourth-order valence-electron chi connectivity index (χ4n) is 1.34. The maximum atomic E-state index is 13.7. The van der Waals surface area contributed by atoms with Gasteiger partial charge in [0.15, 0.2) is 11.6 Å². The van der Waals surface area contributed by atoms with Crippen LogP contribution in [-0.2, 0) is 7.05 Å². The Bertz CT molecular complexity index is 507. The molecule has 0 aliphatic rings. The van der Waals surface area contributed by atoms with Gasteiger partial charge >= 0.3 is 0 Å². The summed E-state index contributed by atoms with van der Waals surface area (Å²) in [4.78, 5) is 0. The lowest BCUT2D eigenvalue weighted by Crippen LogP contribution is -1.97. The molecule has 2 aromatic rings. The van der Waals surface area contributed by atoms with E-state index in [0.717, 1.165) is 4.47 Å². The molecule has 1 aromatic heterocycles. The third kappa shape index (κ3) is 1.63. The third-order valence-electron chi connectivity index (χ3n) is 2.16. The van der Waals surface area contributed by atoms with Gasteiger partial charge in [0.2, 0.25) is 0 Å². The predicted molar refractivity (Wildman–Crippen MR) is 60.7 cm³/mol. The summed E-state index contributed by atoms with van der Waals surface area (Å²) >= 11 is 3.34. The Hall–Kier alpha value is -1.36. The molecular weight excluding hydrogens is 261 g/mol. The van der Waals surface area contributed by atoms with Crippen LogP contribution in [-0.4, -0.2) is 9.78 Å².